The van der Waals surface area contributed by atoms with Crippen molar-refractivity contribution in [1.29, 1.82) is 0 Å². The van der Waals surface area contributed by atoms with Crippen molar-refractivity contribution in [2.75, 3.05) is 10.0 Å². The number of sulfonamides is 1. The molecule has 23 heavy (non-hydrogen) atoms. The van der Waals surface area contributed by atoms with Crippen LogP contribution in [0.1, 0.15) is 25.0 Å². The van der Waals surface area contributed by atoms with Crippen molar-refractivity contribution in [3.8, 4) is 0 Å². The number of carbonyl (C=O) groups is 1. The predicted octanol–water partition coefficient (Wildman–Crippen LogP) is 2.42. The molecule has 1 aromatic carbocycles. The Hall–Kier alpha value is -2.41. The first-order chi connectivity index (χ1) is 10.7. The summed E-state index contributed by atoms with van der Waals surface area (Å²) in [7, 11) is -3.75. The van der Waals surface area contributed by atoms with E-state index >= 15 is 0 Å². The van der Waals surface area contributed by atoms with Gasteiger partial charge in [0.15, 0.2) is 0 Å². The maximum Gasteiger partial charge on any atom is 0.261 e. The van der Waals surface area contributed by atoms with Crippen LogP contribution in [0.2, 0.25) is 0 Å². The Kier molecular flexibility index (Phi) is 3.40. The molecule has 3 rings (SSSR count). The lowest BCUT2D eigenvalue weighted by Crippen LogP contribution is -2.27. The van der Waals surface area contributed by atoms with Crippen LogP contribution in [-0.2, 0) is 20.2 Å². The minimum atomic E-state index is -3.75. The maximum atomic E-state index is 12.6. The van der Waals surface area contributed by atoms with Gasteiger partial charge in [-0.1, -0.05) is 0 Å². The van der Waals surface area contributed by atoms with Gasteiger partial charge in [0.2, 0.25) is 5.91 Å². The lowest BCUT2D eigenvalue weighted by Gasteiger charge is -2.17. The summed E-state index contributed by atoms with van der Waals surface area (Å²) in [5, 5.41) is 2.82. The van der Waals surface area contributed by atoms with Gasteiger partial charge < -0.3 is 5.32 Å². The molecular formula is C16H17N3O3S. The van der Waals surface area contributed by atoms with Crippen molar-refractivity contribution in [3.05, 3.63) is 47.8 Å². The van der Waals surface area contributed by atoms with Crippen molar-refractivity contribution >= 4 is 27.3 Å². The van der Waals surface area contributed by atoms with Crippen LogP contribution >= 0.6 is 0 Å². The number of nitrogens with zero attached hydrogens (tertiary/aromatic N) is 1. The van der Waals surface area contributed by atoms with Crippen LogP contribution in [0.15, 0.2) is 41.6 Å². The van der Waals surface area contributed by atoms with Gasteiger partial charge in [0.1, 0.15) is 0 Å². The molecule has 0 bridgehead atoms. The fraction of sp³-hybridized carbons (Fsp3) is 0.250. The Bertz CT molecular complexity index is 890. The molecular weight excluding hydrogens is 314 g/mol. The molecule has 0 atom stereocenters. The van der Waals surface area contributed by atoms with Crippen LogP contribution in [0.5, 0.6) is 0 Å². The monoisotopic (exact) mass is 331 g/mol. The molecule has 0 spiro atoms. The summed E-state index contributed by atoms with van der Waals surface area (Å²) in [5.74, 6) is -0.134. The highest BCUT2D eigenvalue weighted by Gasteiger charge is 2.40. The van der Waals surface area contributed by atoms with E-state index in [4.69, 9.17) is 0 Å². The van der Waals surface area contributed by atoms with Crippen molar-refractivity contribution in [2.24, 2.45) is 0 Å². The summed E-state index contributed by atoms with van der Waals surface area (Å²) in [6.45, 7) is 5.33. The van der Waals surface area contributed by atoms with Crippen LogP contribution in [-0.4, -0.2) is 19.3 Å². The zero-order valence-corrected chi connectivity index (χ0v) is 13.9. The number of aryl methyl sites for hydroxylation is 1. The smallest absolute Gasteiger partial charge is 0.261 e. The van der Waals surface area contributed by atoms with Gasteiger partial charge in [0.05, 0.1) is 22.2 Å². The molecule has 120 valence electrons. The van der Waals surface area contributed by atoms with Crippen LogP contribution in [0, 0.1) is 6.92 Å². The van der Waals surface area contributed by atoms with Crippen LogP contribution in [0.3, 0.4) is 0 Å². The third-order valence-corrected chi connectivity index (χ3v) is 5.37. The first-order valence-corrected chi connectivity index (χ1v) is 8.59. The molecule has 0 saturated carbocycles. The average Bonchev–Trinajstić information content (AvgIpc) is 2.71. The number of aromatic nitrogens is 1. The molecule has 2 heterocycles. The largest absolute Gasteiger partial charge is 0.325 e. The van der Waals surface area contributed by atoms with Crippen molar-refractivity contribution < 1.29 is 13.2 Å². The highest BCUT2D eigenvalue weighted by molar-refractivity contribution is 7.92. The number of pyridine rings is 1. The van der Waals surface area contributed by atoms with Crippen molar-refractivity contribution in [1.82, 2.24) is 4.98 Å². The number of fused-ring (bicyclic) bond motifs is 1. The minimum absolute atomic E-state index is 0.127. The number of benzene rings is 1. The van der Waals surface area contributed by atoms with Gasteiger partial charge in [-0.2, -0.15) is 0 Å². The fourth-order valence-electron chi connectivity index (χ4n) is 2.60. The summed E-state index contributed by atoms with van der Waals surface area (Å²) in [6.07, 6.45) is 3.00. The van der Waals surface area contributed by atoms with E-state index in [1.807, 2.05) is 0 Å². The molecule has 0 saturated heterocycles. The van der Waals surface area contributed by atoms with E-state index < -0.39 is 15.4 Å². The summed E-state index contributed by atoms with van der Waals surface area (Å²) in [4.78, 5) is 16.1. The van der Waals surface area contributed by atoms with Crippen LogP contribution in [0.25, 0.3) is 0 Å². The summed E-state index contributed by atoms with van der Waals surface area (Å²) < 4.78 is 27.7. The third-order valence-electron chi connectivity index (χ3n) is 4.01. The number of amides is 1. The average molecular weight is 331 g/mol. The van der Waals surface area contributed by atoms with E-state index in [0.717, 1.165) is 0 Å². The normalized spacial score (nSPS) is 15.9. The molecule has 2 N–H and O–H groups in total. The molecule has 0 fully saturated rings. The Morgan fingerprint density at radius 3 is 2.65 bits per heavy atom. The fourth-order valence-corrected chi connectivity index (χ4v) is 3.75. The van der Waals surface area contributed by atoms with E-state index in [1.165, 1.54) is 6.20 Å². The molecule has 7 heteroatoms. The van der Waals surface area contributed by atoms with E-state index in [1.54, 1.807) is 51.2 Å². The van der Waals surface area contributed by atoms with Gasteiger partial charge in [-0.3, -0.25) is 14.5 Å². The second-order valence-electron chi connectivity index (χ2n) is 6.09. The summed E-state index contributed by atoms with van der Waals surface area (Å²) >= 11 is 0. The molecule has 1 aliphatic heterocycles. The zero-order chi connectivity index (χ0) is 16.8. The molecule has 0 unspecified atom stereocenters. The number of anilines is 2. The molecule has 2 aromatic rings. The van der Waals surface area contributed by atoms with Gasteiger partial charge in [-0.15, -0.1) is 0 Å². The summed E-state index contributed by atoms with van der Waals surface area (Å²) in [6, 6.07) is 6.38. The van der Waals surface area contributed by atoms with Crippen molar-refractivity contribution in [3.63, 3.8) is 0 Å². The van der Waals surface area contributed by atoms with Crippen LogP contribution in [0.4, 0.5) is 11.4 Å². The standard InChI is InChI=1S/C16H17N3O3S/c1-10-7-12(8-13-14(10)18-15(20)16(13,2)3)23(21,22)19-11-5-4-6-17-9-11/h4-9,19H,1-3H3,(H,18,20). The predicted molar refractivity (Wildman–Crippen MR) is 87.9 cm³/mol. The summed E-state index contributed by atoms with van der Waals surface area (Å²) in [5.41, 5.74) is 1.72. The van der Waals surface area contributed by atoms with E-state index in [2.05, 4.69) is 15.0 Å². The lowest BCUT2D eigenvalue weighted by molar-refractivity contribution is -0.119. The number of carbonyl (C=O) groups excluding carboxylic acids is 1. The first-order valence-electron chi connectivity index (χ1n) is 7.11. The van der Waals surface area contributed by atoms with E-state index in [-0.39, 0.29) is 10.8 Å². The number of hydrogen-bond acceptors (Lipinski definition) is 4. The second kappa shape index (κ2) is 5.06. The van der Waals surface area contributed by atoms with Gasteiger partial charge >= 0.3 is 0 Å². The SMILES string of the molecule is Cc1cc(S(=O)(=O)Nc2cccnc2)cc2c1NC(=O)C2(C)C. The molecule has 6 nitrogen and oxygen atoms in total. The van der Waals surface area contributed by atoms with Gasteiger partial charge in [0, 0.05) is 11.9 Å². The topological polar surface area (TPSA) is 88.2 Å². The Labute approximate surface area is 135 Å². The quantitative estimate of drug-likeness (QED) is 0.904. The Morgan fingerprint density at radius 1 is 1.26 bits per heavy atom. The van der Waals surface area contributed by atoms with Crippen LogP contribution < -0.4 is 10.0 Å². The Balaban J connectivity index is 2.07. The molecule has 0 radical (unpaired) electrons. The van der Waals surface area contributed by atoms with E-state index in [9.17, 15) is 13.2 Å². The van der Waals surface area contributed by atoms with Gasteiger partial charge in [-0.05, 0) is 56.2 Å². The number of nitrogens with one attached hydrogen (secondary N) is 2. The van der Waals surface area contributed by atoms with Gasteiger partial charge in [-0.25, -0.2) is 8.42 Å². The number of rotatable bonds is 3. The highest BCUT2D eigenvalue weighted by atomic mass is 32.2. The van der Waals surface area contributed by atoms with E-state index in [0.29, 0.717) is 22.5 Å². The highest BCUT2D eigenvalue weighted by Crippen LogP contribution is 2.40. The minimum Gasteiger partial charge on any atom is -0.325 e. The maximum absolute atomic E-state index is 12.6. The van der Waals surface area contributed by atoms with Crippen molar-refractivity contribution in [2.45, 2.75) is 31.1 Å². The molecule has 1 amide bonds. The molecule has 1 aliphatic rings. The zero-order valence-electron chi connectivity index (χ0n) is 13.0. The Morgan fingerprint density at radius 2 is 2.00 bits per heavy atom. The second-order valence-corrected chi connectivity index (χ2v) is 7.77. The molecule has 1 aromatic heterocycles. The third kappa shape index (κ3) is 2.57. The van der Waals surface area contributed by atoms with Gasteiger partial charge in [0.25, 0.3) is 10.0 Å². The first kappa shape index (κ1) is 15.5. The number of hydrogen-bond donors (Lipinski definition) is 2. The molecule has 0 aliphatic carbocycles. The lowest BCUT2D eigenvalue weighted by atomic mass is 9.85.